The third-order valence-electron chi connectivity index (χ3n) is 3.56. The first-order valence-corrected chi connectivity index (χ1v) is 7.69. The number of benzene rings is 1. The summed E-state index contributed by atoms with van der Waals surface area (Å²) in [4.78, 5) is 23.5. The molecule has 0 aliphatic heterocycles. The van der Waals surface area contributed by atoms with E-state index in [0.717, 1.165) is 5.56 Å². The highest BCUT2D eigenvalue weighted by atomic mass is 16.3. The summed E-state index contributed by atoms with van der Waals surface area (Å²) < 4.78 is 0. The van der Waals surface area contributed by atoms with E-state index in [9.17, 15) is 14.7 Å². The fourth-order valence-electron chi connectivity index (χ4n) is 1.85. The number of hydrogen-bond donors (Lipinski definition) is 3. The van der Waals surface area contributed by atoms with Crippen molar-refractivity contribution in [2.24, 2.45) is 5.41 Å². The molecule has 1 aromatic carbocycles. The number of nitrogens with one attached hydrogen (secondary N) is 1. The molecule has 0 saturated carbocycles. The van der Waals surface area contributed by atoms with Crippen LogP contribution in [-0.2, 0) is 9.59 Å². The highest BCUT2D eigenvalue weighted by Crippen LogP contribution is 2.19. The Kier molecular flexibility index (Phi) is 7.65. The molecule has 5 nitrogen and oxygen atoms in total. The molecular formula is C18H25NO4. The van der Waals surface area contributed by atoms with Crippen molar-refractivity contribution in [3.63, 3.8) is 0 Å². The first-order chi connectivity index (χ1) is 10.9. The molecule has 5 heteroatoms. The van der Waals surface area contributed by atoms with Gasteiger partial charge in [0.25, 0.3) is 0 Å². The Morgan fingerprint density at radius 3 is 2.52 bits per heavy atom. The minimum atomic E-state index is -1.28. The van der Waals surface area contributed by atoms with Gasteiger partial charge in [-0.1, -0.05) is 50.3 Å². The Morgan fingerprint density at radius 1 is 1.26 bits per heavy atom. The van der Waals surface area contributed by atoms with Gasteiger partial charge in [-0.2, -0.15) is 0 Å². The molecule has 0 heterocycles. The number of aliphatic hydroxyl groups is 2. The summed E-state index contributed by atoms with van der Waals surface area (Å²) in [5.74, 6) is -0.546. The summed E-state index contributed by atoms with van der Waals surface area (Å²) in [6.45, 7) is 3.23. The second-order valence-electron chi connectivity index (χ2n) is 6.15. The predicted octanol–water partition coefficient (Wildman–Crippen LogP) is 1.54. The average Bonchev–Trinajstić information content (AvgIpc) is 2.56. The zero-order chi connectivity index (χ0) is 17.3. The van der Waals surface area contributed by atoms with Crippen LogP contribution in [0, 0.1) is 5.41 Å². The zero-order valence-corrected chi connectivity index (χ0v) is 13.7. The monoisotopic (exact) mass is 319 g/mol. The molecule has 0 aromatic heterocycles. The molecule has 1 atom stereocenters. The number of hydrogen-bond acceptors (Lipinski definition) is 4. The number of carbonyl (C=O) groups excluding carboxylic acids is 2. The van der Waals surface area contributed by atoms with Crippen molar-refractivity contribution in [1.29, 1.82) is 0 Å². The second-order valence-corrected chi connectivity index (χ2v) is 6.15. The Hall–Kier alpha value is -1.98. The lowest BCUT2D eigenvalue weighted by atomic mass is 9.87. The zero-order valence-electron chi connectivity index (χ0n) is 13.7. The van der Waals surface area contributed by atoms with Crippen LogP contribution in [0.25, 0.3) is 6.08 Å². The summed E-state index contributed by atoms with van der Waals surface area (Å²) in [7, 11) is 0. The molecule has 23 heavy (non-hydrogen) atoms. The number of rotatable bonds is 9. The lowest BCUT2D eigenvalue weighted by Crippen LogP contribution is -2.45. The van der Waals surface area contributed by atoms with Crippen LogP contribution in [0.5, 0.6) is 0 Å². The van der Waals surface area contributed by atoms with E-state index in [0.29, 0.717) is 19.4 Å². The lowest BCUT2D eigenvalue weighted by Gasteiger charge is -2.27. The summed E-state index contributed by atoms with van der Waals surface area (Å²) in [6, 6.07) is 9.54. The molecule has 0 aliphatic rings. The van der Waals surface area contributed by atoms with Crippen LogP contribution in [0.4, 0.5) is 0 Å². The Bertz CT molecular complexity index is 537. The van der Waals surface area contributed by atoms with Crippen molar-refractivity contribution >= 4 is 17.8 Å². The van der Waals surface area contributed by atoms with Gasteiger partial charge < -0.3 is 15.5 Å². The van der Waals surface area contributed by atoms with E-state index in [1.807, 2.05) is 30.3 Å². The van der Waals surface area contributed by atoms with E-state index in [4.69, 9.17) is 5.11 Å². The van der Waals surface area contributed by atoms with Gasteiger partial charge in [-0.3, -0.25) is 9.59 Å². The normalized spacial score (nSPS) is 13.0. The predicted molar refractivity (Wildman–Crippen MR) is 89.6 cm³/mol. The highest BCUT2D eigenvalue weighted by Gasteiger charge is 2.32. The summed E-state index contributed by atoms with van der Waals surface area (Å²) in [5, 5.41) is 21.5. The smallest absolute Gasteiger partial charge is 0.249 e. The van der Waals surface area contributed by atoms with Crippen molar-refractivity contribution in [1.82, 2.24) is 5.32 Å². The van der Waals surface area contributed by atoms with Crippen molar-refractivity contribution in [2.45, 2.75) is 32.8 Å². The van der Waals surface area contributed by atoms with Crippen molar-refractivity contribution < 1.29 is 19.8 Å². The first kappa shape index (κ1) is 19.1. The molecule has 0 radical (unpaired) electrons. The molecule has 0 fully saturated rings. The summed E-state index contributed by atoms with van der Waals surface area (Å²) in [6.07, 6.45) is 2.83. The molecule has 1 rings (SSSR count). The van der Waals surface area contributed by atoms with Gasteiger partial charge in [0.1, 0.15) is 6.10 Å². The molecule has 1 aromatic rings. The van der Waals surface area contributed by atoms with Crippen LogP contribution in [0.3, 0.4) is 0 Å². The van der Waals surface area contributed by atoms with E-state index in [2.05, 4.69) is 5.32 Å². The molecular weight excluding hydrogens is 294 g/mol. The van der Waals surface area contributed by atoms with E-state index in [1.165, 1.54) is 6.08 Å². The highest BCUT2D eigenvalue weighted by molar-refractivity contribution is 5.93. The third-order valence-corrected chi connectivity index (χ3v) is 3.56. The Morgan fingerprint density at radius 2 is 1.91 bits per heavy atom. The van der Waals surface area contributed by atoms with Crippen LogP contribution >= 0.6 is 0 Å². The van der Waals surface area contributed by atoms with Crippen LogP contribution in [0.15, 0.2) is 36.4 Å². The van der Waals surface area contributed by atoms with Gasteiger partial charge >= 0.3 is 0 Å². The van der Waals surface area contributed by atoms with Crippen LogP contribution in [0.1, 0.15) is 32.3 Å². The van der Waals surface area contributed by atoms with Crippen molar-refractivity contribution in [3.05, 3.63) is 42.0 Å². The van der Waals surface area contributed by atoms with Crippen molar-refractivity contribution in [3.8, 4) is 0 Å². The number of allylic oxidation sites excluding steroid dienone is 1. The first-order valence-electron chi connectivity index (χ1n) is 7.69. The third kappa shape index (κ3) is 6.76. The minimum absolute atomic E-state index is 0.0145. The number of ketones is 1. The maximum Gasteiger partial charge on any atom is 0.249 e. The number of aliphatic hydroxyl groups excluding tert-OH is 2. The molecule has 0 aliphatic carbocycles. The molecule has 3 N–H and O–H groups in total. The number of amides is 1. The molecule has 0 bridgehead atoms. The largest absolute Gasteiger partial charge is 0.396 e. The van der Waals surface area contributed by atoms with Gasteiger partial charge in [0.15, 0.2) is 5.78 Å². The van der Waals surface area contributed by atoms with Crippen LogP contribution in [0.2, 0.25) is 0 Å². The number of carbonyl (C=O) groups is 2. The van der Waals surface area contributed by atoms with E-state index < -0.39 is 17.4 Å². The van der Waals surface area contributed by atoms with Gasteiger partial charge in [-0.25, -0.2) is 0 Å². The maximum atomic E-state index is 11.7. The fourth-order valence-corrected chi connectivity index (χ4v) is 1.85. The summed E-state index contributed by atoms with van der Waals surface area (Å²) in [5.41, 5.74) is 0.0710. The minimum Gasteiger partial charge on any atom is -0.396 e. The van der Waals surface area contributed by atoms with Gasteiger partial charge in [0, 0.05) is 18.4 Å². The topological polar surface area (TPSA) is 86.6 Å². The molecule has 0 saturated heterocycles. The molecule has 0 spiro atoms. The van der Waals surface area contributed by atoms with Crippen LogP contribution < -0.4 is 5.32 Å². The Labute approximate surface area is 137 Å². The van der Waals surface area contributed by atoms with Gasteiger partial charge in [0.05, 0.1) is 6.61 Å². The van der Waals surface area contributed by atoms with Gasteiger partial charge in [0.2, 0.25) is 5.91 Å². The second kappa shape index (κ2) is 9.22. The van der Waals surface area contributed by atoms with E-state index in [-0.39, 0.29) is 12.4 Å². The van der Waals surface area contributed by atoms with Crippen molar-refractivity contribution in [2.75, 3.05) is 13.2 Å². The molecule has 0 unspecified atom stereocenters. The molecule has 1 amide bonds. The lowest BCUT2D eigenvalue weighted by molar-refractivity contribution is -0.137. The maximum absolute atomic E-state index is 11.7. The average molecular weight is 319 g/mol. The fraction of sp³-hybridized carbons (Fsp3) is 0.444. The Balaban J connectivity index is 2.28. The quantitative estimate of drug-likeness (QED) is 0.476. The summed E-state index contributed by atoms with van der Waals surface area (Å²) >= 11 is 0. The standard InChI is InChI=1S/C18H25NO4/c1-18(2,13-20)16(22)17(23)19-12-6-9-15(21)11-10-14-7-4-3-5-8-14/h3-5,7-8,10-11,16,20,22H,6,9,12-13H2,1-2H3,(H,19,23)/b11-10+/t16-/m0/s1. The van der Waals surface area contributed by atoms with E-state index >= 15 is 0 Å². The van der Waals surface area contributed by atoms with Gasteiger partial charge in [-0.15, -0.1) is 0 Å². The van der Waals surface area contributed by atoms with Crippen LogP contribution in [-0.4, -0.2) is 41.2 Å². The van der Waals surface area contributed by atoms with Gasteiger partial charge in [-0.05, 0) is 18.1 Å². The molecule has 126 valence electrons. The van der Waals surface area contributed by atoms with E-state index in [1.54, 1.807) is 19.9 Å². The SMILES string of the molecule is CC(C)(CO)[C@@H](O)C(=O)NCCCC(=O)/C=C/c1ccccc1.